The molecule has 0 fully saturated rings. The molecule has 0 heterocycles. The summed E-state index contributed by atoms with van der Waals surface area (Å²) in [7, 11) is 0. The second-order valence-electron chi connectivity index (χ2n) is 8.15. The minimum Gasteiger partial charge on any atom is -0.508 e. The van der Waals surface area contributed by atoms with Gasteiger partial charge in [-0.3, -0.25) is 0 Å². The maximum Gasteiger partial charge on any atom is 0.119 e. The van der Waals surface area contributed by atoms with Crippen LogP contribution in [-0.2, 0) is 0 Å². The number of rotatable bonds is 8. The maximum absolute atomic E-state index is 9.89. The minimum absolute atomic E-state index is 0.0834. The number of aromatic hydroxyl groups is 3. The van der Waals surface area contributed by atoms with E-state index >= 15 is 0 Å². The second-order valence-corrected chi connectivity index (χ2v) is 8.15. The predicted octanol–water partition coefficient (Wildman–Crippen LogP) is 6.56. The third-order valence-corrected chi connectivity index (χ3v) is 5.80. The van der Waals surface area contributed by atoms with E-state index in [1.807, 2.05) is 48.5 Å². The molecule has 4 rings (SSSR count). The van der Waals surface area contributed by atoms with Crippen LogP contribution in [0.2, 0.25) is 0 Å². The van der Waals surface area contributed by atoms with E-state index in [0.29, 0.717) is 6.61 Å². The van der Waals surface area contributed by atoms with Gasteiger partial charge >= 0.3 is 0 Å². The van der Waals surface area contributed by atoms with Crippen LogP contribution >= 0.6 is 0 Å². The molecule has 0 saturated heterocycles. The van der Waals surface area contributed by atoms with Gasteiger partial charge in [-0.1, -0.05) is 55.5 Å². The first-order valence-electron chi connectivity index (χ1n) is 11.1. The Labute approximate surface area is 194 Å². The molecule has 0 aromatic heterocycles. The number of phenolic OH excluding ortho intramolecular Hbond substituents is 3. The predicted molar refractivity (Wildman–Crippen MR) is 130 cm³/mol. The van der Waals surface area contributed by atoms with Gasteiger partial charge in [0.05, 0.1) is 6.61 Å². The summed E-state index contributed by atoms with van der Waals surface area (Å²) in [6.07, 6.45) is 0.946. The molecule has 0 bridgehead atoms. The first kappa shape index (κ1) is 22.3. The molecule has 168 valence electrons. The zero-order valence-electron chi connectivity index (χ0n) is 18.6. The lowest BCUT2D eigenvalue weighted by molar-refractivity contribution is 0.317. The highest BCUT2D eigenvalue weighted by molar-refractivity contribution is 5.48. The van der Waals surface area contributed by atoms with Gasteiger partial charge in [0, 0.05) is 11.8 Å². The Morgan fingerprint density at radius 2 is 0.818 bits per heavy atom. The third kappa shape index (κ3) is 5.29. The van der Waals surface area contributed by atoms with Crippen molar-refractivity contribution in [2.24, 2.45) is 0 Å². The molecular formula is C29H28O4. The maximum atomic E-state index is 9.89. The summed E-state index contributed by atoms with van der Waals surface area (Å²) >= 11 is 0. The molecule has 4 heteroatoms. The van der Waals surface area contributed by atoms with Crippen LogP contribution in [0.1, 0.15) is 47.4 Å². The summed E-state index contributed by atoms with van der Waals surface area (Å²) in [5, 5.41) is 29.6. The van der Waals surface area contributed by atoms with Crippen molar-refractivity contribution in [2.75, 3.05) is 6.61 Å². The van der Waals surface area contributed by atoms with Crippen LogP contribution in [0.4, 0.5) is 0 Å². The first-order chi connectivity index (χ1) is 16.0. The molecule has 3 N–H and O–H groups in total. The number of hydrogen-bond donors (Lipinski definition) is 3. The Balaban J connectivity index is 1.86. The Morgan fingerprint density at radius 1 is 0.515 bits per heavy atom. The van der Waals surface area contributed by atoms with Gasteiger partial charge in [-0.05, 0) is 77.2 Å². The molecule has 0 radical (unpaired) electrons. The van der Waals surface area contributed by atoms with E-state index in [4.69, 9.17) is 4.74 Å². The molecule has 0 aliphatic heterocycles. The zero-order valence-corrected chi connectivity index (χ0v) is 18.6. The van der Waals surface area contributed by atoms with Crippen molar-refractivity contribution in [3.8, 4) is 23.0 Å². The van der Waals surface area contributed by atoms with E-state index in [-0.39, 0.29) is 29.1 Å². The lowest BCUT2D eigenvalue weighted by atomic mass is 9.73. The zero-order chi connectivity index (χ0) is 23.2. The summed E-state index contributed by atoms with van der Waals surface area (Å²) in [5.41, 5.74) is 4.20. The fourth-order valence-corrected chi connectivity index (χ4v) is 4.19. The van der Waals surface area contributed by atoms with Gasteiger partial charge in [-0.15, -0.1) is 0 Å². The summed E-state index contributed by atoms with van der Waals surface area (Å²) in [4.78, 5) is 0. The largest absolute Gasteiger partial charge is 0.508 e. The van der Waals surface area contributed by atoms with Crippen LogP contribution in [0.3, 0.4) is 0 Å². The molecular weight excluding hydrogens is 412 g/mol. The van der Waals surface area contributed by atoms with E-state index < -0.39 is 0 Å². The highest BCUT2D eigenvalue weighted by Gasteiger charge is 2.28. The molecule has 4 aromatic rings. The van der Waals surface area contributed by atoms with Crippen LogP contribution in [0, 0.1) is 0 Å². The number of ether oxygens (including phenoxy) is 1. The van der Waals surface area contributed by atoms with Crippen LogP contribution < -0.4 is 4.74 Å². The Morgan fingerprint density at radius 3 is 1.12 bits per heavy atom. The molecule has 0 amide bonds. The Bertz CT molecular complexity index is 1100. The van der Waals surface area contributed by atoms with Crippen molar-refractivity contribution in [2.45, 2.75) is 25.2 Å². The molecule has 0 aliphatic carbocycles. The van der Waals surface area contributed by atoms with Gasteiger partial charge in [0.15, 0.2) is 0 Å². The molecule has 0 saturated carbocycles. The van der Waals surface area contributed by atoms with Gasteiger partial charge in [0.1, 0.15) is 23.0 Å². The molecule has 1 unspecified atom stereocenters. The van der Waals surface area contributed by atoms with Crippen molar-refractivity contribution in [3.63, 3.8) is 0 Å². The van der Waals surface area contributed by atoms with Crippen LogP contribution in [0.15, 0.2) is 97.1 Å². The number of phenols is 3. The smallest absolute Gasteiger partial charge is 0.119 e. The van der Waals surface area contributed by atoms with Crippen LogP contribution in [0.25, 0.3) is 0 Å². The lowest BCUT2D eigenvalue weighted by Crippen LogP contribution is -2.15. The number of benzene rings is 4. The topological polar surface area (TPSA) is 69.9 Å². The van der Waals surface area contributed by atoms with Gasteiger partial charge in [-0.2, -0.15) is 0 Å². The van der Waals surface area contributed by atoms with Crippen molar-refractivity contribution >= 4 is 0 Å². The van der Waals surface area contributed by atoms with Gasteiger partial charge < -0.3 is 20.1 Å². The summed E-state index contributed by atoms with van der Waals surface area (Å²) in [6, 6.07) is 29.9. The lowest BCUT2D eigenvalue weighted by Gasteiger charge is -2.30. The van der Waals surface area contributed by atoms with E-state index in [0.717, 1.165) is 34.4 Å². The minimum atomic E-state index is -0.0989. The Hall–Kier alpha value is -3.92. The first-order valence-corrected chi connectivity index (χ1v) is 11.1. The quantitative estimate of drug-likeness (QED) is 0.290. The molecule has 1 atom stereocenters. The van der Waals surface area contributed by atoms with E-state index in [2.05, 4.69) is 19.1 Å². The van der Waals surface area contributed by atoms with E-state index in [1.54, 1.807) is 36.4 Å². The van der Waals surface area contributed by atoms with Crippen molar-refractivity contribution in [1.29, 1.82) is 0 Å². The highest BCUT2D eigenvalue weighted by Crippen LogP contribution is 2.44. The molecule has 33 heavy (non-hydrogen) atoms. The number of hydrogen-bond acceptors (Lipinski definition) is 4. The fraction of sp³-hybridized carbons (Fsp3) is 0.172. The summed E-state index contributed by atoms with van der Waals surface area (Å²) in [6.45, 7) is 2.75. The van der Waals surface area contributed by atoms with Gasteiger partial charge in [-0.25, -0.2) is 0 Å². The average Bonchev–Trinajstić information content (AvgIpc) is 2.84. The van der Waals surface area contributed by atoms with Crippen molar-refractivity contribution in [1.82, 2.24) is 0 Å². The summed E-state index contributed by atoms with van der Waals surface area (Å²) in [5.74, 6) is 1.28. The fourth-order valence-electron chi connectivity index (χ4n) is 4.19. The standard InChI is InChI=1S/C29H28O4/c1-2-19-33-27-17-9-23(10-18-27)29(22-7-15-26(32)16-8-22)28(20-3-11-24(30)12-4-20)21-5-13-25(31)14-6-21/h3-18,28-32H,2,19H2,1H3. The van der Waals surface area contributed by atoms with Gasteiger partial charge in [0.25, 0.3) is 0 Å². The summed E-state index contributed by atoms with van der Waals surface area (Å²) < 4.78 is 5.78. The van der Waals surface area contributed by atoms with Crippen molar-refractivity contribution < 1.29 is 20.1 Å². The average molecular weight is 441 g/mol. The third-order valence-electron chi connectivity index (χ3n) is 5.80. The normalized spacial score (nSPS) is 11.9. The molecule has 4 nitrogen and oxygen atoms in total. The monoisotopic (exact) mass is 440 g/mol. The van der Waals surface area contributed by atoms with Crippen LogP contribution in [0.5, 0.6) is 23.0 Å². The van der Waals surface area contributed by atoms with Crippen molar-refractivity contribution in [3.05, 3.63) is 119 Å². The van der Waals surface area contributed by atoms with E-state index in [1.165, 1.54) is 0 Å². The van der Waals surface area contributed by atoms with E-state index in [9.17, 15) is 15.3 Å². The van der Waals surface area contributed by atoms with Crippen LogP contribution in [-0.4, -0.2) is 21.9 Å². The molecule has 4 aromatic carbocycles. The Kier molecular flexibility index (Phi) is 6.84. The highest BCUT2D eigenvalue weighted by atomic mass is 16.5. The van der Waals surface area contributed by atoms with Gasteiger partial charge in [0.2, 0.25) is 0 Å². The molecule has 0 aliphatic rings. The SMILES string of the molecule is CCCOc1ccc(C(c2ccc(O)cc2)C(c2ccc(O)cc2)c2ccc(O)cc2)cc1. The second kappa shape index (κ2) is 10.1. The molecule has 0 spiro atoms.